The van der Waals surface area contributed by atoms with Crippen LogP contribution in [-0.4, -0.2) is 25.3 Å². The van der Waals surface area contributed by atoms with E-state index in [1.807, 2.05) is 0 Å². The van der Waals surface area contributed by atoms with E-state index in [9.17, 15) is 0 Å². The lowest BCUT2D eigenvalue weighted by atomic mass is 9.94. The van der Waals surface area contributed by atoms with Crippen LogP contribution in [0.4, 0.5) is 0 Å². The average Bonchev–Trinajstić information content (AvgIpc) is 2.16. The number of hydrogen-bond acceptors (Lipinski definition) is 2. The Hall–Kier alpha value is -0.0800. The molecule has 0 aromatic rings. The minimum absolute atomic E-state index is 0.0355. The van der Waals surface area contributed by atoms with Crippen LogP contribution in [0.25, 0.3) is 0 Å². The molecule has 0 aromatic carbocycles. The summed E-state index contributed by atoms with van der Waals surface area (Å²) in [6.45, 7) is 12.1. The van der Waals surface area contributed by atoms with Gasteiger partial charge in [0.2, 0.25) is 0 Å². The Labute approximate surface area is 95.8 Å². The van der Waals surface area contributed by atoms with Crippen molar-refractivity contribution in [3.05, 3.63) is 0 Å². The maximum absolute atomic E-state index is 5.42. The molecule has 1 atom stereocenters. The largest absolute Gasteiger partial charge is 0.379 e. The molecular weight excluding hydrogens is 186 g/mol. The zero-order chi connectivity index (χ0) is 11.9. The number of rotatable bonds is 8. The van der Waals surface area contributed by atoms with Gasteiger partial charge in [-0.1, -0.05) is 20.8 Å². The van der Waals surface area contributed by atoms with E-state index < -0.39 is 0 Å². The normalized spacial score (nSPS) is 14.6. The molecular formula is C13H29NO. The van der Waals surface area contributed by atoms with E-state index in [2.05, 4.69) is 39.9 Å². The van der Waals surface area contributed by atoms with Gasteiger partial charge in [0.25, 0.3) is 0 Å². The molecule has 0 amide bonds. The summed E-state index contributed by atoms with van der Waals surface area (Å²) in [6.07, 6.45) is 3.62. The van der Waals surface area contributed by atoms with Crippen LogP contribution in [0.3, 0.4) is 0 Å². The van der Waals surface area contributed by atoms with Crippen LogP contribution in [0.1, 0.15) is 53.9 Å². The van der Waals surface area contributed by atoms with Crippen molar-refractivity contribution in [3.63, 3.8) is 0 Å². The Morgan fingerprint density at radius 3 is 2.27 bits per heavy atom. The molecule has 0 spiro atoms. The van der Waals surface area contributed by atoms with Crippen LogP contribution < -0.4 is 5.32 Å². The second-order valence-electron chi connectivity index (χ2n) is 5.26. The predicted octanol–water partition coefficient (Wildman–Crippen LogP) is 3.22. The van der Waals surface area contributed by atoms with Crippen LogP contribution >= 0.6 is 0 Å². The van der Waals surface area contributed by atoms with Crippen molar-refractivity contribution in [1.29, 1.82) is 0 Å². The summed E-state index contributed by atoms with van der Waals surface area (Å²) in [5.41, 5.74) is 0.0355. The average molecular weight is 215 g/mol. The molecule has 0 aliphatic rings. The summed E-state index contributed by atoms with van der Waals surface area (Å²) in [6, 6.07) is 0.655. The lowest BCUT2D eigenvalue weighted by Gasteiger charge is -2.26. The van der Waals surface area contributed by atoms with Crippen LogP contribution in [0.15, 0.2) is 0 Å². The minimum atomic E-state index is 0.0355. The molecule has 2 nitrogen and oxygen atoms in total. The highest BCUT2D eigenvalue weighted by Gasteiger charge is 2.18. The smallest absolute Gasteiger partial charge is 0.0622 e. The van der Waals surface area contributed by atoms with E-state index in [-0.39, 0.29) is 5.60 Å². The first kappa shape index (κ1) is 14.9. The van der Waals surface area contributed by atoms with E-state index in [1.165, 1.54) is 12.8 Å². The Morgan fingerprint density at radius 2 is 1.87 bits per heavy atom. The molecule has 1 N–H and O–H groups in total. The number of methoxy groups -OCH3 is 1. The summed E-state index contributed by atoms with van der Waals surface area (Å²) in [5, 5.41) is 3.55. The molecule has 0 saturated heterocycles. The molecule has 0 fully saturated rings. The van der Waals surface area contributed by atoms with Crippen LogP contribution in [0.5, 0.6) is 0 Å². The molecule has 0 radical (unpaired) electrons. The van der Waals surface area contributed by atoms with Crippen LogP contribution in [0, 0.1) is 5.92 Å². The van der Waals surface area contributed by atoms with Crippen LogP contribution in [0.2, 0.25) is 0 Å². The van der Waals surface area contributed by atoms with Gasteiger partial charge in [-0.3, -0.25) is 0 Å². The van der Waals surface area contributed by atoms with Crippen molar-refractivity contribution in [2.75, 3.05) is 13.7 Å². The Balaban J connectivity index is 3.80. The first-order valence-corrected chi connectivity index (χ1v) is 6.21. The van der Waals surface area contributed by atoms with Crippen molar-refractivity contribution in [3.8, 4) is 0 Å². The first-order chi connectivity index (χ1) is 6.93. The highest BCUT2D eigenvalue weighted by Crippen LogP contribution is 2.19. The molecule has 1 unspecified atom stereocenters. The number of hydrogen-bond donors (Lipinski definition) is 1. The summed E-state index contributed by atoms with van der Waals surface area (Å²) < 4.78 is 5.42. The van der Waals surface area contributed by atoms with Gasteiger partial charge in [0.1, 0.15) is 0 Å². The lowest BCUT2D eigenvalue weighted by molar-refractivity contribution is 0.0127. The lowest BCUT2D eigenvalue weighted by Crippen LogP contribution is -2.34. The molecule has 2 heteroatoms. The first-order valence-electron chi connectivity index (χ1n) is 6.21. The van der Waals surface area contributed by atoms with Gasteiger partial charge in [0.05, 0.1) is 5.60 Å². The molecule has 92 valence electrons. The number of ether oxygens (including phenoxy) is 1. The Kier molecular flexibility index (Phi) is 7.20. The maximum Gasteiger partial charge on any atom is 0.0622 e. The van der Waals surface area contributed by atoms with E-state index in [1.54, 1.807) is 7.11 Å². The van der Waals surface area contributed by atoms with Crippen molar-refractivity contribution >= 4 is 0 Å². The van der Waals surface area contributed by atoms with Crippen molar-refractivity contribution < 1.29 is 4.74 Å². The quantitative estimate of drug-likeness (QED) is 0.671. The topological polar surface area (TPSA) is 21.3 Å². The highest BCUT2D eigenvalue weighted by molar-refractivity contribution is 4.73. The van der Waals surface area contributed by atoms with Gasteiger partial charge in [-0.2, -0.15) is 0 Å². The summed E-state index contributed by atoms with van der Waals surface area (Å²) >= 11 is 0. The molecule has 0 aromatic heterocycles. The fraction of sp³-hybridized carbons (Fsp3) is 1.00. The monoisotopic (exact) mass is 215 g/mol. The van der Waals surface area contributed by atoms with Gasteiger partial charge in [-0.05, 0) is 45.6 Å². The van der Waals surface area contributed by atoms with E-state index in [0.717, 1.165) is 18.9 Å². The Bertz CT molecular complexity index is 155. The summed E-state index contributed by atoms with van der Waals surface area (Å²) in [4.78, 5) is 0. The molecule has 0 heterocycles. The molecule has 0 rings (SSSR count). The summed E-state index contributed by atoms with van der Waals surface area (Å²) in [7, 11) is 1.80. The second-order valence-corrected chi connectivity index (χ2v) is 5.26. The van der Waals surface area contributed by atoms with Gasteiger partial charge < -0.3 is 10.1 Å². The summed E-state index contributed by atoms with van der Waals surface area (Å²) in [5.74, 6) is 0.718. The minimum Gasteiger partial charge on any atom is -0.379 e. The van der Waals surface area contributed by atoms with Crippen molar-refractivity contribution in [2.24, 2.45) is 5.92 Å². The van der Waals surface area contributed by atoms with Gasteiger partial charge in [-0.25, -0.2) is 0 Å². The number of nitrogens with one attached hydrogen (secondary N) is 1. The Morgan fingerprint density at radius 1 is 1.27 bits per heavy atom. The van der Waals surface area contributed by atoms with Gasteiger partial charge >= 0.3 is 0 Å². The standard InChI is InChI=1S/C13H29NO/c1-7-14-12(11(2)3)9-8-10-13(4,5)15-6/h11-12,14H,7-10H2,1-6H3. The fourth-order valence-corrected chi connectivity index (χ4v) is 1.78. The zero-order valence-corrected chi connectivity index (χ0v) is 11.4. The zero-order valence-electron chi connectivity index (χ0n) is 11.4. The molecule has 15 heavy (non-hydrogen) atoms. The van der Waals surface area contributed by atoms with Gasteiger partial charge in [0.15, 0.2) is 0 Å². The van der Waals surface area contributed by atoms with Gasteiger partial charge in [0, 0.05) is 13.2 Å². The van der Waals surface area contributed by atoms with E-state index in [0.29, 0.717) is 6.04 Å². The van der Waals surface area contributed by atoms with Crippen LogP contribution in [-0.2, 0) is 4.74 Å². The molecule has 0 aliphatic heterocycles. The highest BCUT2D eigenvalue weighted by atomic mass is 16.5. The maximum atomic E-state index is 5.42. The molecule has 0 aliphatic carbocycles. The van der Waals surface area contributed by atoms with Crippen molar-refractivity contribution in [2.45, 2.75) is 65.5 Å². The molecule has 0 saturated carbocycles. The molecule has 0 bridgehead atoms. The third-order valence-corrected chi connectivity index (χ3v) is 3.12. The van der Waals surface area contributed by atoms with E-state index >= 15 is 0 Å². The fourth-order valence-electron chi connectivity index (χ4n) is 1.78. The third-order valence-electron chi connectivity index (χ3n) is 3.12. The second kappa shape index (κ2) is 7.24. The predicted molar refractivity (Wildman–Crippen MR) is 67.2 cm³/mol. The van der Waals surface area contributed by atoms with Crippen molar-refractivity contribution in [1.82, 2.24) is 5.32 Å². The third kappa shape index (κ3) is 6.91. The SMILES string of the molecule is CCNC(CCCC(C)(C)OC)C(C)C. The van der Waals surface area contributed by atoms with E-state index in [4.69, 9.17) is 4.74 Å². The van der Waals surface area contributed by atoms with Gasteiger partial charge in [-0.15, -0.1) is 0 Å².